The van der Waals surface area contributed by atoms with Crippen molar-refractivity contribution < 1.29 is 15.3 Å². The smallest absolute Gasteiger partial charge is 0.132 e. The van der Waals surface area contributed by atoms with Gasteiger partial charge in [-0.3, -0.25) is 15.3 Å². The second-order valence-corrected chi connectivity index (χ2v) is 1.25. The predicted octanol–water partition coefficient (Wildman–Crippen LogP) is 1.39. The highest BCUT2D eigenvalue weighted by Crippen LogP contribution is 1.82. The van der Waals surface area contributed by atoms with Crippen LogP contribution in [-0.2, 0) is 4.79 Å². The Morgan fingerprint density at radius 1 is 1.25 bits per heavy atom. The lowest BCUT2D eigenvalue weighted by molar-refractivity contribution is -0.176. The Balaban J connectivity index is 0. The predicted molar refractivity (Wildman–Crippen MR) is 30.8 cm³/mol. The molecule has 0 fully saturated rings. The summed E-state index contributed by atoms with van der Waals surface area (Å²) >= 11 is 0. The second-order valence-electron chi connectivity index (χ2n) is 1.25. The van der Waals surface area contributed by atoms with Crippen LogP contribution in [0.3, 0.4) is 0 Å². The summed E-state index contributed by atoms with van der Waals surface area (Å²) in [6.45, 7) is 3.76. The minimum atomic E-state index is 0.343. The SMILES string of the molecule is CCC(=O)CC.OO. The zero-order valence-electron chi connectivity index (χ0n) is 5.22. The third-order valence-electron chi connectivity index (χ3n) is 0.789. The Kier molecular flexibility index (Phi) is 12.9. The normalized spacial score (nSPS) is 7.00. The van der Waals surface area contributed by atoms with Crippen LogP contribution in [0.1, 0.15) is 26.7 Å². The first-order valence-electron chi connectivity index (χ1n) is 2.53. The van der Waals surface area contributed by atoms with Crippen LogP contribution < -0.4 is 0 Å². The number of carbonyl (C=O) groups is 1. The summed E-state index contributed by atoms with van der Waals surface area (Å²) in [4.78, 5) is 10.2. The molecule has 0 unspecified atom stereocenters. The molecule has 2 N–H and O–H groups in total. The van der Waals surface area contributed by atoms with Crippen LogP contribution in [0.2, 0.25) is 0 Å². The standard InChI is InChI=1S/C5H10O.H2O2/c1-3-5(6)4-2;1-2/h3-4H2,1-2H3;1-2H. The van der Waals surface area contributed by atoms with Gasteiger partial charge in [0.2, 0.25) is 0 Å². The van der Waals surface area contributed by atoms with Gasteiger partial charge in [-0.1, -0.05) is 13.8 Å². The van der Waals surface area contributed by atoms with E-state index in [9.17, 15) is 4.79 Å². The Hall–Kier alpha value is -0.410. The molecule has 0 aliphatic rings. The van der Waals surface area contributed by atoms with Crippen LogP contribution in [-0.4, -0.2) is 16.3 Å². The van der Waals surface area contributed by atoms with Gasteiger partial charge in [-0.15, -0.1) is 0 Å². The number of rotatable bonds is 2. The Morgan fingerprint density at radius 3 is 1.50 bits per heavy atom. The van der Waals surface area contributed by atoms with Gasteiger partial charge in [0.05, 0.1) is 0 Å². The fourth-order valence-electron chi connectivity index (χ4n) is 0.250. The van der Waals surface area contributed by atoms with Crippen molar-refractivity contribution >= 4 is 5.78 Å². The molecule has 3 heteroatoms. The molecule has 0 heterocycles. The number of Topliss-reactive ketones (excluding diaryl/α,β-unsaturated/α-hetero) is 1. The lowest BCUT2D eigenvalue weighted by Crippen LogP contribution is -1.88. The van der Waals surface area contributed by atoms with E-state index in [4.69, 9.17) is 10.5 Å². The average molecular weight is 120 g/mol. The van der Waals surface area contributed by atoms with Gasteiger partial charge < -0.3 is 0 Å². The number of hydrogen-bond donors (Lipinski definition) is 2. The van der Waals surface area contributed by atoms with Crippen LogP contribution in [0.25, 0.3) is 0 Å². The molecule has 0 aromatic carbocycles. The highest BCUT2D eigenvalue weighted by molar-refractivity contribution is 5.77. The molecule has 0 aromatic heterocycles. The Labute approximate surface area is 48.9 Å². The maximum absolute atomic E-state index is 10.2. The van der Waals surface area contributed by atoms with E-state index < -0.39 is 0 Å². The summed E-state index contributed by atoms with van der Waals surface area (Å²) in [5, 5.41) is 12.0. The fourth-order valence-corrected chi connectivity index (χ4v) is 0.250. The van der Waals surface area contributed by atoms with E-state index in [1.165, 1.54) is 0 Å². The van der Waals surface area contributed by atoms with Gasteiger partial charge in [0, 0.05) is 12.8 Å². The first kappa shape index (κ1) is 10.5. The lowest BCUT2D eigenvalue weighted by Gasteiger charge is -1.81. The summed E-state index contributed by atoms with van der Waals surface area (Å²) in [6.07, 6.45) is 1.38. The first-order chi connectivity index (χ1) is 3.81. The van der Waals surface area contributed by atoms with Crippen LogP contribution in [0.5, 0.6) is 0 Å². The van der Waals surface area contributed by atoms with Gasteiger partial charge in [0.15, 0.2) is 0 Å². The van der Waals surface area contributed by atoms with Crippen molar-refractivity contribution in [3.05, 3.63) is 0 Å². The van der Waals surface area contributed by atoms with Crippen molar-refractivity contribution in [1.29, 1.82) is 0 Å². The molecule has 8 heavy (non-hydrogen) atoms. The second kappa shape index (κ2) is 9.77. The zero-order valence-corrected chi connectivity index (χ0v) is 5.22. The molecule has 0 aromatic rings. The molecular formula is C5H12O3. The minimum absolute atomic E-state index is 0.343. The quantitative estimate of drug-likeness (QED) is 0.427. The van der Waals surface area contributed by atoms with E-state index in [1.807, 2.05) is 13.8 Å². The molecule has 0 aliphatic carbocycles. The van der Waals surface area contributed by atoms with Crippen LogP contribution in [0.15, 0.2) is 0 Å². The molecule has 50 valence electrons. The monoisotopic (exact) mass is 120 g/mol. The number of carbonyl (C=O) groups excluding carboxylic acids is 1. The van der Waals surface area contributed by atoms with Gasteiger partial charge in [-0.2, -0.15) is 0 Å². The van der Waals surface area contributed by atoms with Crippen molar-refractivity contribution in [1.82, 2.24) is 0 Å². The van der Waals surface area contributed by atoms with E-state index in [2.05, 4.69) is 0 Å². The molecule has 0 amide bonds. The summed E-state index contributed by atoms with van der Waals surface area (Å²) in [5.74, 6) is 0.343. The van der Waals surface area contributed by atoms with E-state index in [0.29, 0.717) is 18.6 Å². The van der Waals surface area contributed by atoms with Crippen molar-refractivity contribution in [3.63, 3.8) is 0 Å². The first-order valence-corrected chi connectivity index (χ1v) is 2.53. The highest BCUT2D eigenvalue weighted by Gasteiger charge is 1.86. The summed E-state index contributed by atoms with van der Waals surface area (Å²) in [6, 6.07) is 0. The van der Waals surface area contributed by atoms with Gasteiger partial charge in [0.1, 0.15) is 5.78 Å². The van der Waals surface area contributed by atoms with Gasteiger partial charge in [-0.25, -0.2) is 0 Å². The average Bonchev–Trinajstić information content (AvgIpc) is 1.91. The third kappa shape index (κ3) is 9.14. The molecule has 0 atom stereocenters. The zero-order chi connectivity index (χ0) is 6.99. The lowest BCUT2D eigenvalue weighted by atomic mass is 10.3. The summed E-state index contributed by atoms with van der Waals surface area (Å²) in [7, 11) is 0. The van der Waals surface area contributed by atoms with E-state index in [0.717, 1.165) is 0 Å². The maximum Gasteiger partial charge on any atom is 0.132 e. The molecule has 3 nitrogen and oxygen atoms in total. The van der Waals surface area contributed by atoms with Crippen molar-refractivity contribution in [2.75, 3.05) is 0 Å². The largest absolute Gasteiger partial charge is 0.300 e. The van der Waals surface area contributed by atoms with E-state index >= 15 is 0 Å². The molecule has 0 saturated carbocycles. The van der Waals surface area contributed by atoms with Gasteiger partial charge in [-0.05, 0) is 0 Å². The third-order valence-corrected chi connectivity index (χ3v) is 0.789. The van der Waals surface area contributed by atoms with Crippen molar-refractivity contribution in [3.8, 4) is 0 Å². The topological polar surface area (TPSA) is 57.5 Å². The maximum atomic E-state index is 10.2. The minimum Gasteiger partial charge on any atom is -0.300 e. The highest BCUT2D eigenvalue weighted by atomic mass is 17.0. The fraction of sp³-hybridized carbons (Fsp3) is 0.800. The number of hydrogen-bond acceptors (Lipinski definition) is 3. The molecule has 0 bridgehead atoms. The van der Waals surface area contributed by atoms with Crippen LogP contribution >= 0.6 is 0 Å². The molecule has 0 aliphatic heterocycles. The molecular weight excluding hydrogens is 108 g/mol. The summed E-state index contributed by atoms with van der Waals surface area (Å²) in [5.41, 5.74) is 0. The van der Waals surface area contributed by atoms with E-state index in [1.54, 1.807) is 0 Å². The summed E-state index contributed by atoms with van der Waals surface area (Å²) < 4.78 is 0. The molecule has 0 rings (SSSR count). The Morgan fingerprint density at radius 2 is 1.50 bits per heavy atom. The van der Waals surface area contributed by atoms with Crippen LogP contribution in [0.4, 0.5) is 0 Å². The van der Waals surface area contributed by atoms with Crippen molar-refractivity contribution in [2.45, 2.75) is 26.7 Å². The van der Waals surface area contributed by atoms with Crippen LogP contribution in [0, 0.1) is 0 Å². The van der Waals surface area contributed by atoms with Gasteiger partial charge >= 0.3 is 0 Å². The van der Waals surface area contributed by atoms with Gasteiger partial charge in [0.25, 0.3) is 0 Å². The van der Waals surface area contributed by atoms with E-state index in [-0.39, 0.29) is 0 Å². The number of ketones is 1. The Bertz CT molecular complexity index is 45.6. The van der Waals surface area contributed by atoms with Crippen molar-refractivity contribution in [2.24, 2.45) is 0 Å². The molecule has 0 radical (unpaired) electrons. The molecule has 0 spiro atoms. The molecule has 0 saturated heterocycles.